The van der Waals surface area contributed by atoms with Crippen LogP contribution in [-0.4, -0.2) is 11.4 Å². The fraction of sp³-hybridized carbons (Fsp3) is 0.182. The Labute approximate surface area is 164 Å². The number of hydrogen-bond acceptors (Lipinski definition) is 3. The number of nitrogen functional groups attached to an aromatic ring is 1. The van der Waals surface area contributed by atoms with Gasteiger partial charge in [0.2, 0.25) is 0 Å². The molecule has 4 rings (SSSR count). The molecule has 0 atom stereocenters. The normalized spacial score (nSPS) is 14.2. The number of halogens is 1. The maximum atomic E-state index is 6.00. The second-order valence-corrected chi connectivity index (χ2v) is 8.20. The maximum Gasteiger partial charge on any atom is 0.0406 e. The second-order valence-electron chi connectivity index (χ2n) is 6.65. The van der Waals surface area contributed by atoms with E-state index in [1.165, 1.54) is 26.5 Å². The molecule has 4 heteroatoms. The standard InChI is InChI=1S/C22H21ClN2S/c23-19-6-9-21(10-7-19)26-22-4-2-1-3-18(22)15-25-12-11-16-13-20(24)8-5-17(16)14-25/h1-10,13H,11-12,14-15,24H2. The number of benzene rings is 3. The van der Waals surface area contributed by atoms with Gasteiger partial charge >= 0.3 is 0 Å². The van der Waals surface area contributed by atoms with E-state index in [-0.39, 0.29) is 0 Å². The second kappa shape index (κ2) is 7.75. The molecular formula is C22H21ClN2S. The minimum Gasteiger partial charge on any atom is -0.399 e. The highest BCUT2D eigenvalue weighted by Gasteiger charge is 2.17. The first-order valence-corrected chi connectivity index (χ1v) is 9.98. The van der Waals surface area contributed by atoms with E-state index >= 15 is 0 Å². The number of anilines is 1. The Morgan fingerprint density at radius 2 is 1.77 bits per heavy atom. The summed E-state index contributed by atoms with van der Waals surface area (Å²) in [6, 6.07) is 23.0. The first-order chi connectivity index (χ1) is 12.7. The summed E-state index contributed by atoms with van der Waals surface area (Å²) in [5.41, 5.74) is 10.9. The van der Waals surface area contributed by atoms with Crippen molar-refractivity contribution in [1.29, 1.82) is 0 Å². The zero-order valence-electron chi connectivity index (χ0n) is 14.5. The lowest BCUT2D eigenvalue weighted by Gasteiger charge is -2.29. The molecule has 0 bridgehead atoms. The lowest BCUT2D eigenvalue weighted by molar-refractivity contribution is 0.244. The number of rotatable bonds is 4. The predicted molar refractivity (Wildman–Crippen MR) is 111 cm³/mol. The molecule has 0 radical (unpaired) electrons. The van der Waals surface area contributed by atoms with E-state index in [9.17, 15) is 0 Å². The van der Waals surface area contributed by atoms with E-state index in [0.717, 1.165) is 36.8 Å². The van der Waals surface area contributed by atoms with Crippen LogP contribution in [0.2, 0.25) is 5.02 Å². The van der Waals surface area contributed by atoms with Crippen LogP contribution in [0.5, 0.6) is 0 Å². The summed E-state index contributed by atoms with van der Waals surface area (Å²) in [7, 11) is 0. The molecule has 0 saturated heterocycles. The van der Waals surface area contributed by atoms with E-state index < -0.39 is 0 Å². The Balaban J connectivity index is 1.50. The first kappa shape index (κ1) is 17.5. The van der Waals surface area contributed by atoms with Crippen molar-refractivity contribution in [2.75, 3.05) is 12.3 Å². The van der Waals surface area contributed by atoms with Gasteiger partial charge in [0.05, 0.1) is 0 Å². The zero-order chi connectivity index (χ0) is 17.9. The van der Waals surface area contributed by atoms with Crippen LogP contribution >= 0.6 is 23.4 Å². The maximum absolute atomic E-state index is 6.00. The third-order valence-electron chi connectivity index (χ3n) is 4.73. The van der Waals surface area contributed by atoms with Gasteiger partial charge in [-0.05, 0) is 65.6 Å². The summed E-state index contributed by atoms with van der Waals surface area (Å²) in [4.78, 5) is 5.03. The van der Waals surface area contributed by atoms with Crippen molar-refractivity contribution in [2.45, 2.75) is 29.3 Å². The van der Waals surface area contributed by atoms with Gasteiger partial charge in [0.1, 0.15) is 0 Å². The SMILES string of the molecule is Nc1ccc2c(c1)CCN(Cc1ccccc1Sc1ccc(Cl)cc1)C2. The third-order valence-corrected chi connectivity index (χ3v) is 6.11. The van der Waals surface area contributed by atoms with Gasteiger partial charge in [-0.25, -0.2) is 0 Å². The Kier molecular flexibility index (Phi) is 5.21. The van der Waals surface area contributed by atoms with Crippen molar-refractivity contribution in [3.05, 3.63) is 88.4 Å². The van der Waals surface area contributed by atoms with Gasteiger partial charge in [-0.15, -0.1) is 0 Å². The van der Waals surface area contributed by atoms with Crippen LogP contribution in [0.4, 0.5) is 5.69 Å². The average molecular weight is 381 g/mol. The fourth-order valence-corrected chi connectivity index (χ4v) is 4.43. The molecule has 0 unspecified atom stereocenters. The van der Waals surface area contributed by atoms with Crippen LogP contribution in [0.1, 0.15) is 16.7 Å². The monoisotopic (exact) mass is 380 g/mol. The van der Waals surface area contributed by atoms with Crippen LogP contribution in [0.15, 0.2) is 76.5 Å². The molecule has 1 aliphatic heterocycles. The summed E-state index contributed by atoms with van der Waals surface area (Å²) in [6.45, 7) is 3.01. The van der Waals surface area contributed by atoms with Crippen LogP contribution in [-0.2, 0) is 19.5 Å². The molecule has 0 aliphatic carbocycles. The lowest BCUT2D eigenvalue weighted by Crippen LogP contribution is -2.30. The smallest absolute Gasteiger partial charge is 0.0406 e. The Morgan fingerprint density at radius 3 is 2.62 bits per heavy atom. The van der Waals surface area contributed by atoms with Gasteiger partial charge in [0.15, 0.2) is 0 Å². The molecule has 0 aromatic heterocycles. The number of hydrogen-bond donors (Lipinski definition) is 1. The topological polar surface area (TPSA) is 29.3 Å². The summed E-state index contributed by atoms with van der Waals surface area (Å²) < 4.78 is 0. The van der Waals surface area contributed by atoms with Crippen molar-refractivity contribution >= 4 is 29.1 Å². The molecule has 1 heterocycles. The molecule has 3 aromatic carbocycles. The van der Waals surface area contributed by atoms with E-state index in [4.69, 9.17) is 17.3 Å². The quantitative estimate of drug-likeness (QED) is 0.594. The van der Waals surface area contributed by atoms with E-state index in [1.54, 1.807) is 11.8 Å². The highest BCUT2D eigenvalue weighted by Crippen LogP contribution is 2.32. The van der Waals surface area contributed by atoms with Crippen molar-refractivity contribution in [1.82, 2.24) is 4.90 Å². The van der Waals surface area contributed by atoms with E-state index in [1.807, 2.05) is 18.2 Å². The van der Waals surface area contributed by atoms with Crippen LogP contribution in [0.25, 0.3) is 0 Å². The lowest BCUT2D eigenvalue weighted by atomic mass is 9.98. The van der Waals surface area contributed by atoms with Crippen molar-refractivity contribution in [3.8, 4) is 0 Å². The summed E-state index contributed by atoms with van der Waals surface area (Å²) in [6.07, 6.45) is 1.06. The summed E-state index contributed by atoms with van der Waals surface area (Å²) in [5, 5.41) is 0.773. The van der Waals surface area contributed by atoms with Gasteiger partial charge in [0.25, 0.3) is 0 Å². The van der Waals surface area contributed by atoms with Crippen LogP contribution in [0.3, 0.4) is 0 Å². The highest BCUT2D eigenvalue weighted by atomic mass is 35.5. The van der Waals surface area contributed by atoms with Gasteiger partial charge in [-0.1, -0.05) is 47.6 Å². The van der Waals surface area contributed by atoms with Crippen molar-refractivity contribution < 1.29 is 0 Å². The van der Waals surface area contributed by atoms with Gasteiger partial charge < -0.3 is 5.73 Å². The largest absolute Gasteiger partial charge is 0.399 e. The van der Waals surface area contributed by atoms with Crippen LogP contribution in [0, 0.1) is 0 Å². The first-order valence-electron chi connectivity index (χ1n) is 8.78. The number of nitrogens with two attached hydrogens (primary N) is 1. The van der Waals surface area contributed by atoms with Gasteiger partial charge in [0, 0.05) is 40.1 Å². The fourth-order valence-electron chi connectivity index (χ4n) is 3.37. The zero-order valence-corrected chi connectivity index (χ0v) is 16.1. The Bertz CT molecular complexity index is 908. The molecule has 0 fully saturated rings. The molecule has 132 valence electrons. The molecule has 0 saturated carbocycles. The highest BCUT2D eigenvalue weighted by molar-refractivity contribution is 7.99. The van der Waals surface area contributed by atoms with Crippen molar-refractivity contribution in [3.63, 3.8) is 0 Å². The number of fused-ring (bicyclic) bond motifs is 1. The molecule has 2 N–H and O–H groups in total. The average Bonchev–Trinajstić information content (AvgIpc) is 2.65. The third kappa shape index (κ3) is 4.07. The summed E-state index contributed by atoms with van der Waals surface area (Å²) in [5.74, 6) is 0. The minimum atomic E-state index is 0.773. The van der Waals surface area contributed by atoms with Gasteiger partial charge in [-0.2, -0.15) is 0 Å². The van der Waals surface area contributed by atoms with E-state index in [0.29, 0.717) is 0 Å². The van der Waals surface area contributed by atoms with Crippen molar-refractivity contribution in [2.24, 2.45) is 0 Å². The molecule has 26 heavy (non-hydrogen) atoms. The molecule has 0 amide bonds. The Hall–Kier alpha value is -1.94. The molecular weight excluding hydrogens is 360 g/mol. The molecule has 2 nitrogen and oxygen atoms in total. The molecule has 0 spiro atoms. The van der Waals surface area contributed by atoms with Crippen LogP contribution < -0.4 is 5.73 Å². The predicted octanol–water partition coefficient (Wildman–Crippen LogP) is 5.63. The molecule has 1 aliphatic rings. The van der Waals surface area contributed by atoms with Gasteiger partial charge in [-0.3, -0.25) is 4.90 Å². The number of nitrogens with zero attached hydrogens (tertiary/aromatic N) is 1. The Morgan fingerprint density at radius 1 is 0.962 bits per heavy atom. The van der Waals surface area contributed by atoms with E-state index in [2.05, 4.69) is 53.4 Å². The minimum absolute atomic E-state index is 0.773. The summed E-state index contributed by atoms with van der Waals surface area (Å²) >= 11 is 7.80. The molecule has 3 aromatic rings.